The summed E-state index contributed by atoms with van der Waals surface area (Å²) in [5.41, 5.74) is 1.52. The Morgan fingerprint density at radius 3 is 2.48 bits per heavy atom. The van der Waals surface area contributed by atoms with Crippen LogP contribution >= 0.6 is 15.9 Å². The lowest BCUT2D eigenvalue weighted by Crippen LogP contribution is -2.01. The van der Waals surface area contributed by atoms with E-state index in [2.05, 4.69) is 21.2 Å². The average Bonchev–Trinajstić information content (AvgIpc) is 2.48. The van der Waals surface area contributed by atoms with Crippen LogP contribution in [0.5, 0.6) is 17.2 Å². The molecule has 0 atom stereocenters. The highest BCUT2D eigenvalue weighted by atomic mass is 79.9. The molecule has 0 radical (unpaired) electrons. The largest absolute Gasteiger partial charge is 0.503 e. The zero-order valence-electron chi connectivity index (χ0n) is 11.6. The van der Waals surface area contributed by atoms with Crippen LogP contribution in [0, 0.1) is 5.82 Å². The fourth-order valence-electron chi connectivity index (χ4n) is 1.87. The van der Waals surface area contributed by atoms with Gasteiger partial charge >= 0.3 is 0 Å². The van der Waals surface area contributed by atoms with Gasteiger partial charge in [0.15, 0.2) is 23.1 Å². The van der Waals surface area contributed by atoms with Gasteiger partial charge in [-0.3, -0.25) is 0 Å². The zero-order valence-corrected chi connectivity index (χ0v) is 13.2. The maximum absolute atomic E-state index is 13.6. The minimum Gasteiger partial charge on any atom is -0.503 e. The predicted octanol–water partition coefficient (Wildman–Crippen LogP) is 3.92. The van der Waals surface area contributed by atoms with Crippen LogP contribution < -0.4 is 14.8 Å². The van der Waals surface area contributed by atoms with Crippen LogP contribution in [0.4, 0.5) is 10.1 Å². The van der Waals surface area contributed by atoms with Crippen LogP contribution in [-0.4, -0.2) is 19.3 Å². The number of anilines is 1. The quantitative estimate of drug-likeness (QED) is 0.853. The molecule has 0 fully saturated rings. The second kappa shape index (κ2) is 6.67. The van der Waals surface area contributed by atoms with E-state index in [0.29, 0.717) is 22.5 Å². The van der Waals surface area contributed by atoms with E-state index in [1.807, 2.05) is 0 Å². The first-order valence-electron chi connectivity index (χ1n) is 6.18. The van der Waals surface area contributed by atoms with Crippen molar-refractivity contribution in [1.82, 2.24) is 0 Å². The van der Waals surface area contributed by atoms with Gasteiger partial charge in [-0.05, 0) is 45.8 Å². The molecule has 0 spiro atoms. The lowest BCUT2D eigenvalue weighted by Gasteiger charge is -2.11. The monoisotopic (exact) mass is 355 g/mol. The Kier molecular flexibility index (Phi) is 4.90. The Morgan fingerprint density at radius 2 is 1.86 bits per heavy atom. The van der Waals surface area contributed by atoms with Crippen molar-refractivity contribution in [3.63, 3.8) is 0 Å². The minimum atomic E-state index is -0.424. The predicted molar refractivity (Wildman–Crippen MR) is 82.6 cm³/mol. The lowest BCUT2D eigenvalue weighted by atomic mass is 10.2. The van der Waals surface area contributed by atoms with Crippen molar-refractivity contribution in [1.29, 1.82) is 0 Å². The van der Waals surface area contributed by atoms with Gasteiger partial charge in [-0.1, -0.05) is 0 Å². The molecular weight excluding hydrogens is 341 g/mol. The molecule has 0 aliphatic carbocycles. The summed E-state index contributed by atoms with van der Waals surface area (Å²) in [6.45, 7) is 0.459. The van der Waals surface area contributed by atoms with Crippen molar-refractivity contribution in [3.05, 3.63) is 46.2 Å². The number of nitrogens with one attached hydrogen (secondary N) is 1. The molecule has 0 aliphatic rings. The highest BCUT2D eigenvalue weighted by molar-refractivity contribution is 9.10. The fraction of sp³-hybridized carbons (Fsp3) is 0.200. The smallest absolute Gasteiger partial charge is 0.172 e. The molecule has 2 rings (SSSR count). The molecule has 0 aliphatic heterocycles. The number of phenolic OH excluding ortho intramolecular Hbond substituents is 1. The first-order chi connectivity index (χ1) is 10.0. The van der Waals surface area contributed by atoms with Gasteiger partial charge in [-0.15, -0.1) is 0 Å². The van der Waals surface area contributed by atoms with E-state index in [-0.39, 0.29) is 11.5 Å². The van der Waals surface area contributed by atoms with E-state index < -0.39 is 5.82 Å². The summed E-state index contributed by atoms with van der Waals surface area (Å²) in [6, 6.07) is 8.14. The number of aromatic hydroxyl groups is 1. The van der Waals surface area contributed by atoms with E-state index >= 15 is 0 Å². The molecule has 2 aromatic rings. The number of halogens is 2. The van der Waals surface area contributed by atoms with E-state index in [4.69, 9.17) is 9.47 Å². The molecule has 0 heterocycles. The normalized spacial score (nSPS) is 10.3. The summed E-state index contributed by atoms with van der Waals surface area (Å²) >= 11 is 3.26. The summed E-state index contributed by atoms with van der Waals surface area (Å²) in [4.78, 5) is 0. The third-order valence-corrected chi connectivity index (χ3v) is 3.56. The van der Waals surface area contributed by atoms with E-state index in [1.54, 1.807) is 24.3 Å². The highest BCUT2D eigenvalue weighted by Gasteiger charge is 2.09. The molecule has 112 valence electrons. The van der Waals surface area contributed by atoms with Crippen molar-refractivity contribution >= 4 is 21.6 Å². The maximum Gasteiger partial charge on any atom is 0.172 e. The van der Waals surface area contributed by atoms with Crippen LogP contribution in [0.25, 0.3) is 0 Å². The third-order valence-electron chi connectivity index (χ3n) is 2.96. The fourth-order valence-corrected chi connectivity index (χ4v) is 2.35. The topological polar surface area (TPSA) is 50.7 Å². The first kappa shape index (κ1) is 15.4. The van der Waals surface area contributed by atoms with Gasteiger partial charge in [-0.25, -0.2) is 4.39 Å². The van der Waals surface area contributed by atoms with Crippen LogP contribution in [0.2, 0.25) is 0 Å². The third kappa shape index (κ3) is 3.58. The SMILES string of the molecule is COc1ccc(NCc2cc(Br)c(O)c(OC)c2)cc1F. The van der Waals surface area contributed by atoms with E-state index in [0.717, 1.165) is 5.56 Å². The van der Waals surface area contributed by atoms with Crippen molar-refractivity contribution < 1.29 is 19.0 Å². The van der Waals surface area contributed by atoms with Crippen molar-refractivity contribution in [2.75, 3.05) is 19.5 Å². The van der Waals surface area contributed by atoms with Gasteiger partial charge in [0.05, 0.1) is 18.7 Å². The number of rotatable bonds is 5. The van der Waals surface area contributed by atoms with Crippen LogP contribution in [0.1, 0.15) is 5.56 Å². The number of phenols is 1. The van der Waals surface area contributed by atoms with Crippen molar-refractivity contribution in [3.8, 4) is 17.2 Å². The average molecular weight is 356 g/mol. The molecule has 2 N–H and O–H groups in total. The molecule has 0 saturated carbocycles. The van der Waals surface area contributed by atoms with Crippen molar-refractivity contribution in [2.24, 2.45) is 0 Å². The summed E-state index contributed by atoms with van der Waals surface area (Å²) in [5.74, 6) is 0.209. The molecule has 0 unspecified atom stereocenters. The first-order valence-corrected chi connectivity index (χ1v) is 6.97. The molecule has 0 bridgehead atoms. The summed E-state index contributed by atoms with van der Waals surface area (Å²) < 4.78 is 24.1. The van der Waals surface area contributed by atoms with Crippen LogP contribution in [0.15, 0.2) is 34.8 Å². The zero-order chi connectivity index (χ0) is 15.4. The lowest BCUT2D eigenvalue weighted by molar-refractivity contribution is 0.371. The molecule has 6 heteroatoms. The molecule has 21 heavy (non-hydrogen) atoms. The Balaban J connectivity index is 2.13. The summed E-state index contributed by atoms with van der Waals surface area (Å²) in [6.07, 6.45) is 0. The van der Waals surface area contributed by atoms with Gasteiger partial charge < -0.3 is 19.9 Å². The molecule has 0 saturated heterocycles. The van der Waals surface area contributed by atoms with E-state index in [9.17, 15) is 9.50 Å². The molecule has 2 aromatic carbocycles. The Morgan fingerprint density at radius 1 is 1.14 bits per heavy atom. The Labute approximate surface area is 130 Å². The standard InChI is InChI=1S/C15H15BrFNO3/c1-20-13-4-3-10(7-12(13)17)18-8-9-5-11(16)15(19)14(6-9)21-2/h3-7,18-19H,8H2,1-2H3. The molecule has 0 amide bonds. The Hall–Kier alpha value is -1.95. The minimum absolute atomic E-state index is 0.0525. The van der Waals surface area contributed by atoms with E-state index in [1.165, 1.54) is 20.3 Å². The van der Waals surface area contributed by atoms with Gasteiger partial charge in [0.25, 0.3) is 0 Å². The van der Waals surface area contributed by atoms with Crippen LogP contribution in [0.3, 0.4) is 0 Å². The number of methoxy groups -OCH3 is 2. The number of benzene rings is 2. The number of hydrogen-bond donors (Lipinski definition) is 2. The Bertz CT molecular complexity index is 649. The highest BCUT2D eigenvalue weighted by Crippen LogP contribution is 2.35. The summed E-state index contributed by atoms with van der Waals surface area (Å²) in [7, 11) is 2.91. The number of ether oxygens (including phenoxy) is 2. The van der Waals surface area contributed by atoms with Crippen molar-refractivity contribution in [2.45, 2.75) is 6.54 Å². The number of hydrogen-bond acceptors (Lipinski definition) is 4. The molecule has 0 aromatic heterocycles. The van der Waals surface area contributed by atoms with Gasteiger partial charge in [-0.2, -0.15) is 0 Å². The van der Waals surface area contributed by atoms with Gasteiger partial charge in [0.2, 0.25) is 0 Å². The van der Waals surface area contributed by atoms with Gasteiger partial charge in [0.1, 0.15) is 0 Å². The molecule has 4 nitrogen and oxygen atoms in total. The molecular formula is C15H15BrFNO3. The summed E-state index contributed by atoms with van der Waals surface area (Å²) in [5, 5.41) is 12.8. The second-order valence-electron chi connectivity index (χ2n) is 4.33. The van der Waals surface area contributed by atoms with Gasteiger partial charge in [0, 0.05) is 18.3 Å². The second-order valence-corrected chi connectivity index (χ2v) is 5.19. The van der Waals surface area contributed by atoms with Crippen LogP contribution in [-0.2, 0) is 6.54 Å². The maximum atomic E-state index is 13.6.